The Labute approximate surface area is 173 Å². The highest BCUT2D eigenvalue weighted by atomic mass is 32.2. The second-order valence-electron chi connectivity index (χ2n) is 7.45. The lowest BCUT2D eigenvalue weighted by Gasteiger charge is -2.21. The van der Waals surface area contributed by atoms with Crippen LogP contribution in [0.1, 0.15) is 12.0 Å². The molecule has 2 aliphatic rings. The minimum absolute atomic E-state index is 0.0664. The molecule has 30 heavy (non-hydrogen) atoms. The summed E-state index contributed by atoms with van der Waals surface area (Å²) >= 11 is 0. The number of benzene rings is 1. The van der Waals surface area contributed by atoms with Gasteiger partial charge in [0.1, 0.15) is 5.75 Å². The highest BCUT2D eigenvalue weighted by molar-refractivity contribution is 7.90. The summed E-state index contributed by atoms with van der Waals surface area (Å²) in [5, 5.41) is 2.66. The first-order valence-corrected chi connectivity index (χ1v) is 11.0. The number of rotatable bonds is 3. The van der Waals surface area contributed by atoms with E-state index in [1.54, 1.807) is 30.6 Å². The van der Waals surface area contributed by atoms with Crippen molar-refractivity contribution >= 4 is 38.2 Å². The van der Waals surface area contributed by atoms with E-state index in [0.29, 0.717) is 22.5 Å². The maximum Gasteiger partial charge on any atom is 0.268 e. The lowest BCUT2D eigenvalue weighted by Crippen LogP contribution is -2.25. The minimum Gasteiger partial charge on any atom is -0.482 e. The smallest absolute Gasteiger partial charge is 0.268 e. The third-order valence-corrected chi connectivity index (χ3v) is 7.09. The van der Waals surface area contributed by atoms with Crippen molar-refractivity contribution < 1.29 is 17.9 Å². The van der Waals surface area contributed by atoms with E-state index in [0.717, 1.165) is 30.6 Å². The Morgan fingerprint density at radius 2 is 2.10 bits per heavy atom. The lowest BCUT2D eigenvalue weighted by atomic mass is 10.0. The summed E-state index contributed by atoms with van der Waals surface area (Å²) in [5.41, 5.74) is 3.45. The molecular formula is C21H20N4O4S. The fraction of sp³-hybridized carbons (Fsp3) is 0.238. The normalized spacial score (nSPS) is 17.2. The molecule has 0 fully saturated rings. The third kappa shape index (κ3) is 3.06. The monoisotopic (exact) mass is 424 g/mol. The van der Waals surface area contributed by atoms with Crippen LogP contribution in [-0.2, 0) is 14.8 Å². The second kappa shape index (κ2) is 6.96. The number of fused-ring (bicyclic) bond motifs is 2. The van der Waals surface area contributed by atoms with E-state index in [9.17, 15) is 13.2 Å². The highest BCUT2D eigenvalue weighted by Crippen LogP contribution is 2.34. The molecule has 1 amide bonds. The Hall–Kier alpha value is -3.17. The molecular weight excluding hydrogens is 404 g/mol. The number of ether oxygens (including phenoxy) is 1. The van der Waals surface area contributed by atoms with Crippen LogP contribution < -0.4 is 10.1 Å². The van der Waals surface area contributed by atoms with Crippen molar-refractivity contribution in [1.29, 1.82) is 0 Å². The molecule has 0 saturated heterocycles. The maximum atomic E-state index is 13.5. The van der Waals surface area contributed by atoms with Crippen molar-refractivity contribution in [3.63, 3.8) is 0 Å². The number of likely N-dealkylation sites (N-methyl/N-ethyl adjacent to an activating group) is 1. The summed E-state index contributed by atoms with van der Waals surface area (Å²) < 4.78 is 33.6. The molecule has 0 radical (unpaired) electrons. The van der Waals surface area contributed by atoms with Gasteiger partial charge in [0.05, 0.1) is 21.6 Å². The van der Waals surface area contributed by atoms with Crippen molar-refractivity contribution in [3.05, 3.63) is 54.4 Å². The van der Waals surface area contributed by atoms with Crippen LogP contribution in [0.5, 0.6) is 5.75 Å². The lowest BCUT2D eigenvalue weighted by molar-refractivity contribution is -0.118. The first-order valence-electron chi connectivity index (χ1n) is 9.60. The zero-order chi connectivity index (χ0) is 20.9. The van der Waals surface area contributed by atoms with Crippen molar-refractivity contribution in [2.24, 2.45) is 0 Å². The molecule has 0 spiro atoms. The molecule has 0 atom stereocenters. The number of hydrogen-bond acceptors (Lipinski definition) is 6. The quantitative estimate of drug-likeness (QED) is 0.694. The van der Waals surface area contributed by atoms with Crippen LogP contribution in [0.4, 0.5) is 5.69 Å². The molecule has 9 heteroatoms. The molecule has 3 aromatic rings. The Morgan fingerprint density at radius 3 is 2.90 bits per heavy atom. The molecule has 8 nitrogen and oxygen atoms in total. The molecule has 4 heterocycles. The molecule has 1 aromatic carbocycles. The Bertz CT molecular complexity index is 1310. The summed E-state index contributed by atoms with van der Waals surface area (Å²) in [6, 6.07) is 7.96. The molecule has 0 saturated carbocycles. The predicted molar refractivity (Wildman–Crippen MR) is 113 cm³/mol. The fourth-order valence-corrected chi connectivity index (χ4v) is 5.20. The van der Waals surface area contributed by atoms with Crippen LogP contribution >= 0.6 is 0 Å². The van der Waals surface area contributed by atoms with Crippen molar-refractivity contribution in [3.8, 4) is 5.75 Å². The molecule has 2 aliphatic heterocycles. The SMILES string of the molecule is CN1CC=C(c2cn(S(=O)(=O)c3ccc4c(c3)NC(=O)CO4)c3cccnc23)CC1. The van der Waals surface area contributed by atoms with Gasteiger partial charge >= 0.3 is 0 Å². The van der Waals surface area contributed by atoms with Gasteiger partial charge in [-0.3, -0.25) is 9.78 Å². The minimum atomic E-state index is -3.91. The summed E-state index contributed by atoms with van der Waals surface area (Å²) in [7, 11) is -1.86. The summed E-state index contributed by atoms with van der Waals surface area (Å²) in [6.45, 7) is 1.63. The maximum absolute atomic E-state index is 13.5. The molecule has 0 aliphatic carbocycles. The zero-order valence-electron chi connectivity index (χ0n) is 16.3. The zero-order valence-corrected chi connectivity index (χ0v) is 17.1. The number of aromatic nitrogens is 2. The van der Waals surface area contributed by atoms with E-state index in [1.165, 1.54) is 16.1 Å². The number of carbonyl (C=O) groups excluding carboxylic acids is 1. The number of nitrogens with zero attached hydrogens (tertiary/aromatic N) is 3. The Kier molecular flexibility index (Phi) is 4.37. The molecule has 0 bridgehead atoms. The molecule has 1 N–H and O–H groups in total. The van der Waals surface area contributed by atoms with Crippen molar-refractivity contribution in [1.82, 2.24) is 13.9 Å². The number of nitrogens with one attached hydrogen (secondary N) is 1. The van der Waals surface area contributed by atoms with Crippen LogP contribution in [0.25, 0.3) is 16.6 Å². The van der Waals surface area contributed by atoms with Gasteiger partial charge in [0, 0.05) is 31.0 Å². The standard InChI is InChI=1S/C21H20N4O4S/c1-24-9-6-14(7-10-24)16-12-25(18-3-2-8-22-21(16)18)30(27,28)15-4-5-19-17(11-15)23-20(26)13-29-19/h2-6,8,11-12H,7,9-10,13H2,1H3,(H,23,26). The number of anilines is 1. The van der Waals surface area contributed by atoms with Crippen LogP contribution in [0.15, 0.2) is 53.7 Å². The van der Waals surface area contributed by atoms with Gasteiger partial charge in [-0.2, -0.15) is 0 Å². The van der Waals surface area contributed by atoms with E-state index in [1.807, 2.05) is 0 Å². The molecule has 5 rings (SSSR count). The Morgan fingerprint density at radius 1 is 1.23 bits per heavy atom. The largest absolute Gasteiger partial charge is 0.482 e. The van der Waals surface area contributed by atoms with Gasteiger partial charge in [0.25, 0.3) is 15.9 Å². The van der Waals surface area contributed by atoms with Gasteiger partial charge in [-0.25, -0.2) is 12.4 Å². The van der Waals surface area contributed by atoms with E-state index in [2.05, 4.69) is 28.3 Å². The third-order valence-electron chi connectivity index (χ3n) is 5.42. The van der Waals surface area contributed by atoms with Crippen LogP contribution in [-0.4, -0.2) is 54.9 Å². The van der Waals surface area contributed by atoms with Gasteiger partial charge in [-0.15, -0.1) is 0 Å². The average Bonchev–Trinajstić information content (AvgIpc) is 3.14. The number of pyridine rings is 1. The first-order chi connectivity index (χ1) is 14.4. The number of hydrogen-bond donors (Lipinski definition) is 1. The molecule has 154 valence electrons. The van der Waals surface area contributed by atoms with Gasteiger partial charge in [0.2, 0.25) is 0 Å². The van der Waals surface area contributed by atoms with Crippen molar-refractivity contribution in [2.75, 3.05) is 32.1 Å². The van der Waals surface area contributed by atoms with Gasteiger partial charge in [-0.1, -0.05) is 6.08 Å². The topological polar surface area (TPSA) is 93.5 Å². The van der Waals surface area contributed by atoms with Gasteiger partial charge in [-0.05, 0) is 49.4 Å². The fourth-order valence-electron chi connectivity index (χ4n) is 3.82. The first kappa shape index (κ1) is 18.8. The van der Waals surface area contributed by atoms with Gasteiger partial charge < -0.3 is 15.0 Å². The second-order valence-corrected chi connectivity index (χ2v) is 9.27. The van der Waals surface area contributed by atoms with E-state index in [-0.39, 0.29) is 17.4 Å². The van der Waals surface area contributed by atoms with E-state index >= 15 is 0 Å². The van der Waals surface area contributed by atoms with Crippen LogP contribution in [0.3, 0.4) is 0 Å². The van der Waals surface area contributed by atoms with Crippen molar-refractivity contribution in [2.45, 2.75) is 11.3 Å². The van der Waals surface area contributed by atoms with E-state index < -0.39 is 10.0 Å². The van der Waals surface area contributed by atoms with E-state index in [4.69, 9.17) is 4.74 Å². The molecule has 0 unspecified atom stereocenters. The molecule has 2 aromatic heterocycles. The van der Waals surface area contributed by atoms with Crippen LogP contribution in [0, 0.1) is 0 Å². The number of amides is 1. The number of carbonyl (C=O) groups is 1. The average molecular weight is 424 g/mol. The summed E-state index contributed by atoms with van der Waals surface area (Å²) in [6.07, 6.45) is 6.27. The van der Waals surface area contributed by atoms with Gasteiger partial charge in [0.15, 0.2) is 6.61 Å². The summed E-state index contributed by atoms with van der Waals surface area (Å²) in [5.74, 6) is 0.133. The Balaban J connectivity index is 1.64. The highest BCUT2D eigenvalue weighted by Gasteiger charge is 2.26. The van der Waals surface area contributed by atoms with Crippen LogP contribution in [0.2, 0.25) is 0 Å². The predicted octanol–water partition coefficient (Wildman–Crippen LogP) is 2.32. The summed E-state index contributed by atoms with van der Waals surface area (Å²) in [4.78, 5) is 18.4.